The highest BCUT2D eigenvalue weighted by Crippen LogP contribution is 2.13. The van der Waals surface area contributed by atoms with E-state index in [1.807, 2.05) is 6.07 Å². The van der Waals surface area contributed by atoms with E-state index in [0.29, 0.717) is 13.2 Å². The van der Waals surface area contributed by atoms with Crippen LogP contribution in [0.1, 0.15) is 28.8 Å². The minimum atomic E-state index is -0.614. The van der Waals surface area contributed by atoms with E-state index in [1.54, 1.807) is 0 Å². The second-order valence-corrected chi connectivity index (χ2v) is 4.60. The monoisotopic (exact) mass is 262 g/mol. The summed E-state index contributed by atoms with van der Waals surface area (Å²) in [6, 6.07) is 5.64. The number of nitrogens with zero attached hydrogens (tertiary/aromatic N) is 1. The van der Waals surface area contributed by atoms with E-state index in [2.05, 4.69) is 5.32 Å². The number of amides is 1. The Labute approximate surface area is 111 Å². The fourth-order valence-electron chi connectivity index (χ4n) is 2.07. The predicted molar refractivity (Wildman–Crippen MR) is 67.0 cm³/mol. The fourth-order valence-corrected chi connectivity index (χ4v) is 2.07. The lowest BCUT2D eigenvalue weighted by Gasteiger charge is -2.22. The molecule has 4 nitrogen and oxygen atoms in total. The van der Waals surface area contributed by atoms with Gasteiger partial charge in [0.1, 0.15) is 5.82 Å². The van der Waals surface area contributed by atoms with E-state index in [1.165, 1.54) is 12.1 Å². The van der Waals surface area contributed by atoms with Gasteiger partial charge >= 0.3 is 0 Å². The highest BCUT2D eigenvalue weighted by atomic mass is 19.1. The first-order valence-corrected chi connectivity index (χ1v) is 6.26. The number of nitriles is 1. The molecule has 1 saturated heterocycles. The molecule has 1 aliphatic rings. The molecule has 0 aliphatic carbocycles. The number of hydrogen-bond acceptors (Lipinski definition) is 3. The van der Waals surface area contributed by atoms with Gasteiger partial charge < -0.3 is 10.1 Å². The van der Waals surface area contributed by atoms with Crippen LogP contribution in [0, 0.1) is 23.1 Å². The van der Waals surface area contributed by atoms with Crippen LogP contribution in [0.3, 0.4) is 0 Å². The summed E-state index contributed by atoms with van der Waals surface area (Å²) in [7, 11) is 0. The molecule has 5 heteroatoms. The number of ether oxygens (including phenoxy) is 1. The minimum absolute atomic E-state index is 0.0872. The molecule has 1 fully saturated rings. The molecule has 0 unspecified atom stereocenters. The fraction of sp³-hybridized carbons (Fsp3) is 0.429. The van der Waals surface area contributed by atoms with Crippen LogP contribution < -0.4 is 5.32 Å². The highest BCUT2D eigenvalue weighted by Gasteiger charge is 2.17. The Balaban J connectivity index is 1.97. The number of hydrogen-bond donors (Lipinski definition) is 1. The number of benzene rings is 1. The zero-order valence-corrected chi connectivity index (χ0v) is 10.5. The van der Waals surface area contributed by atoms with Gasteiger partial charge in [-0.1, -0.05) is 0 Å². The van der Waals surface area contributed by atoms with Gasteiger partial charge in [0.05, 0.1) is 23.8 Å². The largest absolute Gasteiger partial charge is 0.381 e. The van der Waals surface area contributed by atoms with Crippen LogP contribution in [0.5, 0.6) is 0 Å². The Kier molecular flexibility index (Phi) is 4.48. The number of halogens is 1. The Morgan fingerprint density at radius 3 is 3.11 bits per heavy atom. The van der Waals surface area contributed by atoms with E-state index < -0.39 is 11.7 Å². The molecule has 1 aromatic rings. The van der Waals surface area contributed by atoms with Crippen LogP contribution >= 0.6 is 0 Å². The van der Waals surface area contributed by atoms with Gasteiger partial charge in [-0.15, -0.1) is 0 Å². The highest BCUT2D eigenvalue weighted by molar-refractivity contribution is 5.94. The van der Waals surface area contributed by atoms with Gasteiger partial charge in [0.25, 0.3) is 5.91 Å². The zero-order valence-electron chi connectivity index (χ0n) is 10.5. The summed E-state index contributed by atoms with van der Waals surface area (Å²) in [4.78, 5) is 11.9. The topological polar surface area (TPSA) is 62.1 Å². The van der Waals surface area contributed by atoms with Gasteiger partial charge in [0, 0.05) is 13.2 Å². The van der Waals surface area contributed by atoms with E-state index in [0.717, 1.165) is 25.5 Å². The van der Waals surface area contributed by atoms with Crippen molar-refractivity contribution in [2.24, 2.45) is 5.92 Å². The lowest BCUT2D eigenvalue weighted by molar-refractivity contribution is 0.0536. The summed E-state index contributed by atoms with van der Waals surface area (Å²) in [5.74, 6) is -0.823. The first-order valence-electron chi connectivity index (χ1n) is 6.26. The lowest BCUT2D eigenvalue weighted by atomic mass is 10.0. The molecule has 0 aromatic heterocycles. The number of rotatable bonds is 3. The normalized spacial score (nSPS) is 18.6. The van der Waals surface area contributed by atoms with Gasteiger partial charge in [-0.3, -0.25) is 4.79 Å². The summed E-state index contributed by atoms with van der Waals surface area (Å²) in [5, 5.41) is 11.4. The molecule has 1 aliphatic heterocycles. The maximum Gasteiger partial charge on any atom is 0.254 e. The van der Waals surface area contributed by atoms with Crippen molar-refractivity contribution < 1.29 is 13.9 Å². The average Bonchev–Trinajstić information content (AvgIpc) is 2.46. The molecule has 1 aromatic carbocycles. The Hall–Kier alpha value is -1.93. The second-order valence-electron chi connectivity index (χ2n) is 4.60. The van der Waals surface area contributed by atoms with Crippen molar-refractivity contribution in [3.05, 3.63) is 35.1 Å². The van der Waals surface area contributed by atoms with Crippen LogP contribution in [0.2, 0.25) is 0 Å². The molecule has 0 bridgehead atoms. The molecule has 1 N–H and O–H groups in total. The van der Waals surface area contributed by atoms with Crippen molar-refractivity contribution in [2.75, 3.05) is 19.8 Å². The van der Waals surface area contributed by atoms with Crippen molar-refractivity contribution in [3.8, 4) is 6.07 Å². The van der Waals surface area contributed by atoms with Gasteiger partial charge in [-0.05, 0) is 37.0 Å². The van der Waals surface area contributed by atoms with Gasteiger partial charge in [-0.25, -0.2) is 4.39 Å². The molecular weight excluding hydrogens is 247 g/mol. The quantitative estimate of drug-likeness (QED) is 0.904. The summed E-state index contributed by atoms with van der Waals surface area (Å²) in [6.45, 7) is 1.86. The second kappa shape index (κ2) is 6.30. The molecule has 1 heterocycles. The van der Waals surface area contributed by atoms with Crippen molar-refractivity contribution in [1.82, 2.24) is 5.32 Å². The van der Waals surface area contributed by atoms with E-state index in [9.17, 15) is 9.18 Å². The minimum Gasteiger partial charge on any atom is -0.381 e. The van der Waals surface area contributed by atoms with Gasteiger partial charge in [-0.2, -0.15) is 5.26 Å². The Morgan fingerprint density at radius 1 is 1.58 bits per heavy atom. The van der Waals surface area contributed by atoms with E-state index >= 15 is 0 Å². The third kappa shape index (κ3) is 3.52. The smallest absolute Gasteiger partial charge is 0.254 e. The molecule has 0 saturated carbocycles. The molecule has 1 amide bonds. The van der Waals surface area contributed by atoms with Crippen LogP contribution in [-0.4, -0.2) is 25.7 Å². The summed E-state index contributed by atoms with van der Waals surface area (Å²) in [6.07, 6.45) is 1.99. The van der Waals surface area contributed by atoms with Crippen LogP contribution in [0.25, 0.3) is 0 Å². The molecule has 19 heavy (non-hydrogen) atoms. The first kappa shape index (κ1) is 13.5. The maximum absolute atomic E-state index is 13.5. The Bertz CT molecular complexity index is 505. The lowest BCUT2D eigenvalue weighted by Crippen LogP contribution is -2.33. The third-order valence-electron chi connectivity index (χ3n) is 3.15. The molecular formula is C14H15FN2O2. The van der Waals surface area contributed by atoms with E-state index in [4.69, 9.17) is 10.00 Å². The zero-order chi connectivity index (χ0) is 13.7. The van der Waals surface area contributed by atoms with Crippen molar-refractivity contribution >= 4 is 5.91 Å². The molecule has 100 valence electrons. The van der Waals surface area contributed by atoms with Crippen molar-refractivity contribution in [2.45, 2.75) is 12.8 Å². The van der Waals surface area contributed by atoms with Crippen LogP contribution in [-0.2, 0) is 4.74 Å². The number of carbonyl (C=O) groups is 1. The van der Waals surface area contributed by atoms with Crippen molar-refractivity contribution in [1.29, 1.82) is 5.26 Å². The molecule has 0 spiro atoms. The van der Waals surface area contributed by atoms with Gasteiger partial charge in [0.2, 0.25) is 0 Å². The standard InChI is InChI=1S/C14H15FN2O2/c15-13-4-3-10(7-16)6-12(13)14(18)17-8-11-2-1-5-19-9-11/h3-4,6,11H,1-2,5,8-9H2,(H,17,18)/t11-/m1/s1. The molecule has 0 radical (unpaired) electrons. The summed E-state index contributed by atoms with van der Waals surface area (Å²) >= 11 is 0. The van der Waals surface area contributed by atoms with Gasteiger partial charge in [0.15, 0.2) is 0 Å². The predicted octanol–water partition coefficient (Wildman–Crippen LogP) is 1.85. The Morgan fingerprint density at radius 2 is 2.42 bits per heavy atom. The first-order chi connectivity index (χ1) is 9.20. The third-order valence-corrected chi connectivity index (χ3v) is 3.15. The summed E-state index contributed by atoms with van der Waals surface area (Å²) < 4.78 is 18.8. The summed E-state index contributed by atoms with van der Waals surface area (Å²) in [5.41, 5.74) is 0.184. The maximum atomic E-state index is 13.5. The molecule has 2 rings (SSSR count). The number of nitrogens with one attached hydrogen (secondary N) is 1. The average molecular weight is 262 g/mol. The SMILES string of the molecule is N#Cc1ccc(F)c(C(=O)NC[C@H]2CCCOC2)c1. The number of carbonyl (C=O) groups excluding carboxylic acids is 1. The van der Waals surface area contributed by atoms with E-state index in [-0.39, 0.29) is 17.0 Å². The van der Waals surface area contributed by atoms with Crippen LogP contribution in [0.15, 0.2) is 18.2 Å². The molecule has 1 atom stereocenters. The van der Waals surface area contributed by atoms with Crippen LogP contribution in [0.4, 0.5) is 4.39 Å². The van der Waals surface area contributed by atoms with Crippen molar-refractivity contribution in [3.63, 3.8) is 0 Å².